The van der Waals surface area contributed by atoms with Gasteiger partial charge in [-0.1, -0.05) is 37.3 Å². The molecule has 0 amide bonds. The van der Waals surface area contributed by atoms with Gasteiger partial charge in [-0.2, -0.15) is 0 Å². The largest absolute Gasteiger partial charge is 0.483 e. The number of nitrogens with zero attached hydrogens (tertiary/aromatic N) is 4. The van der Waals surface area contributed by atoms with Gasteiger partial charge in [-0.05, 0) is 38.6 Å². The Kier molecular flexibility index (Phi) is 5.93. The van der Waals surface area contributed by atoms with Crippen molar-refractivity contribution in [1.29, 1.82) is 0 Å². The summed E-state index contributed by atoms with van der Waals surface area (Å²) in [6.45, 7) is 9.17. The predicted molar refractivity (Wildman–Crippen MR) is 119 cm³/mol. The molecule has 2 aromatic heterocycles. The summed E-state index contributed by atoms with van der Waals surface area (Å²) in [6.07, 6.45) is 13.4. The Morgan fingerprint density at radius 2 is 2.16 bits per heavy atom. The molecule has 2 unspecified atom stereocenters. The van der Waals surface area contributed by atoms with Gasteiger partial charge in [0.15, 0.2) is 18.1 Å². The zero-order valence-corrected chi connectivity index (χ0v) is 17.3. The number of ether oxygens (including phenoxy) is 1. The van der Waals surface area contributed by atoms with E-state index in [1.807, 2.05) is 17.4 Å². The van der Waals surface area contributed by atoms with E-state index in [1.165, 1.54) is 12.2 Å². The van der Waals surface area contributed by atoms with Crippen molar-refractivity contribution in [2.24, 2.45) is 4.99 Å². The Morgan fingerprint density at radius 3 is 2.84 bits per heavy atom. The molecule has 4 rings (SSSR count). The summed E-state index contributed by atoms with van der Waals surface area (Å²) >= 11 is 0. The molecule has 0 N–H and O–H groups in total. The van der Waals surface area contributed by atoms with Crippen LogP contribution < -0.4 is 0 Å². The van der Waals surface area contributed by atoms with Crippen LogP contribution in [-0.4, -0.2) is 33.4 Å². The number of hydrogen-bond acceptors (Lipinski definition) is 4. The van der Waals surface area contributed by atoms with Crippen LogP contribution in [0.4, 0.5) is 14.6 Å². The molecule has 2 aliphatic rings. The maximum Gasteiger partial charge on any atom is 0.192 e. The molecule has 2 aromatic rings. The third kappa shape index (κ3) is 3.87. The molecule has 0 aliphatic heterocycles. The van der Waals surface area contributed by atoms with Gasteiger partial charge in [0.1, 0.15) is 28.6 Å². The fourth-order valence-corrected chi connectivity index (χ4v) is 3.74. The standard InChI is InChI=1S/C24H24F2N4O/c1-4-5-6-8-15(2)31-18-12-11-17(19(25)20(18)26)21-22-23(27-3)28-13-14-30(22)24(29-21)16-9-7-10-16/h4-6,8,11-14,16,18,20H,2-3,7,9-10H2,1H3/b5-4-,8-6-. The lowest BCUT2D eigenvalue weighted by atomic mass is 9.85. The molecule has 0 saturated heterocycles. The summed E-state index contributed by atoms with van der Waals surface area (Å²) < 4.78 is 37.5. The van der Waals surface area contributed by atoms with Crippen molar-refractivity contribution in [2.45, 2.75) is 44.4 Å². The van der Waals surface area contributed by atoms with Crippen LogP contribution in [0.15, 0.2) is 72.0 Å². The zero-order valence-electron chi connectivity index (χ0n) is 17.3. The van der Waals surface area contributed by atoms with Crippen molar-refractivity contribution in [3.8, 4) is 0 Å². The van der Waals surface area contributed by atoms with E-state index < -0.39 is 18.1 Å². The van der Waals surface area contributed by atoms with E-state index in [1.54, 1.807) is 30.6 Å². The maximum atomic E-state index is 15.2. The van der Waals surface area contributed by atoms with Crippen LogP contribution in [0.1, 0.15) is 43.6 Å². The van der Waals surface area contributed by atoms with Crippen molar-refractivity contribution in [3.05, 3.63) is 78.5 Å². The summed E-state index contributed by atoms with van der Waals surface area (Å²) in [5, 5.41) is 0. The second-order valence-electron chi connectivity index (χ2n) is 7.53. The summed E-state index contributed by atoms with van der Waals surface area (Å²) in [4.78, 5) is 12.9. The summed E-state index contributed by atoms with van der Waals surface area (Å²) in [7, 11) is 0. The van der Waals surface area contributed by atoms with Crippen LogP contribution in [0.2, 0.25) is 0 Å². The first-order valence-corrected chi connectivity index (χ1v) is 10.3. The molecule has 0 aromatic carbocycles. The van der Waals surface area contributed by atoms with Crippen LogP contribution in [-0.2, 0) is 4.74 Å². The van der Waals surface area contributed by atoms with E-state index in [0.29, 0.717) is 17.0 Å². The number of halogens is 2. The Hall–Kier alpha value is -3.35. The van der Waals surface area contributed by atoms with Crippen LogP contribution in [0, 0.1) is 0 Å². The number of imidazole rings is 1. The second-order valence-corrected chi connectivity index (χ2v) is 7.53. The number of alkyl halides is 1. The Balaban J connectivity index is 1.70. The first kappa shape index (κ1) is 20.9. The Bertz CT molecular complexity index is 1140. The van der Waals surface area contributed by atoms with E-state index in [9.17, 15) is 4.39 Å². The van der Waals surface area contributed by atoms with Gasteiger partial charge in [0, 0.05) is 23.9 Å². The van der Waals surface area contributed by atoms with Crippen LogP contribution >= 0.6 is 0 Å². The average molecular weight is 422 g/mol. The van der Waals surface area contributed by atoms with Gasteiger partial charge >= 0.3 is 0 Å². The van der Waals surface area contributed by atoms with Crippen LogP contribution in [0.3, 0.4) is 0 Å². The maximum absolute atomic E-state index is 15.2. The SMILES string of the molecule is C=Nc1nccn2c(C3CCC3)nc(C3=C(F)C(F)C(OC(=C)/C=C\C=C/C)C=C3)c12. The molecule has 31 heavy (non-hydrogen) atoms. The number of hydrogen-bond donors (Lipinski definition) is 0. The van der Waals surface area contributed by atoms with E-state index in [4.69, 9.17) is 9.72 Å². The highest BCUT2D eigenvalue weighted by Crippen LogP contribution is 2.41. The lowest BCUT2D eigenvalue weighted by molar-refractivity contribution is 0.0889. The molecule has 7 heteroatoms. The van der Waals surface area contributed by atoms with Crippen molar-refractivity contribution < 1.29 is 13.5 Å². The lowest BCUT2D eigenvalue weighted by Gasteiger charge is -2.24. The number of rotatable bonds is 7. The first-order chi connectivity index (χ1) is 15.0. The van der Waals surface area contributed by atoms with Crippen molar-refractivity contribution in [2.75, 3.05) is 0 Å². The van der Waals surface area contributed by atoms with Crippen LogP contribution in [0.5, 0.6) is 0 Å². The van der Waals surface area contributed by atoms with Crippen molar-refractivity contribution in [1.82, 2.24) is 14.4 Å². The topological polar surface area (TPSA) is 51.8 Å². The quantitative estimate of drug-likeness (QED) is 0.315. The van der Waals surface area contributed by atoms with Gasteiger partial charge in [-0.15, -0.1) is 0 Å². The monoisotopic (exact) mass is 422 g/mol. The lowest BCUT2D eigenvalue weighted by Crippen LogP contribution is -2.26. The summed E-state index contributed by atoms with van der Waals surface area (Å²) in [5.74, 6) is 0.738. The van der Waals surface area contributed by atoms with Gasteiger partial charge in [-0.25, -0.2) is 23.7 Å². The molecule has 2 atom stereocenters. The minimum Gasteiger partial charge on any atom is -0.483 e. The van der Waals surface area contributed by atoms with Crippen LogP contribution in [0.25, 0.3) is 11.1 Å². The molecule has 0 bridgehead atoms. The summed E-state index contributed by atoms with van der Waals surface area (Å²) in [5.41, 5.74) is 0.918. The normalized spacial score (nSPS) is 21.9. The molecule has 0 radical (unpaired) electrons. The number of aromatic nitrogens is 3. The van der Waals surface area contributed by atoms with Gasteiger partial charge in [-0.3, -0.25) is 4.40 Å². The smallest absolute Gasteiger partial charge is 0.192 e. The van der Waals surface area contributed by atoms with E-state index in [-0.39, 0.29) is 17.3 Å². The molecular formula is C24H24F2N4O. The number of fused-ring (bicyclic) bond motifs is 1. The molecule has 1 saturated carbocycles. The Labute approximate surface area is 179 Å². The van der Waals surface area contributed by atoms with E-state index >= 15 is 4.39 Å². The fourth-order valence-electron chi connectivity index (χ4n) is 3.74. The van der Waals surface area contributed by atoms with Crippen molar-refractivity contribution >= 4 is 23.6 Å². The first-order valence-electron chi connectivity index (χ1n) is 10.3. The summed E-state index contributed by atoms with van der Waals surface area (Å²) in [6, 6.07) is 0. The minimum atomic E-state index is -1.98. The molecule has 160 valence electrons. The van der Waals surface area contributed by atoms with Gasteiger partial charge in [0.2, 0.25) is 0 Å². The fraction of sp³-hybridized carbons (Fsp3) is 0.292. The molecule has 5 nitrogen and oxygen atoms in total. The zero-order chi connectivity index (χ0) is 22.0. The minimum absolute atomic E-state index is 0.0726. The van der Waals surface area contributed by atoms with Gasteiger partial charge < -0.3 is 4.74 Å². The Morgan fingerprint density at radius 1 is 1.35 bits per heavy atom. The highest BCUT2D eigenvalue weighted by Gasteiger charge is 2.34. The number of aliphatic imine (C=N–C) groups is 1. The third-order valence-corrected chi connectivity index (χ3v) is 5.55. The molecule has 2 aliphatic carbocycles. The molecule has 0 spiro atoms. The van der Waals surface area contributed by atoms with E-state index in [2.05, 4.69) is 23.3 Å². The highest BCUT2D eigenvalue weighted by molar-refractivity contribution is 5.89. The third-order valence-electron chi connectivity index (χ3n) is 5.55. The molecular weight excluding hydrogens is 398 g/mol. The van der Waals surface area contributed by atoms with Gasteiger partial charge in [0.05, 0.1) is 0 Å². The average Bonchev–Trinajstić information content (AvgIpc) is 3.10. The molecule has 2 heterocycles. The van der Waals surface area contributed by atoms with Gasteiger partial charge in [0.25, 0.3) is 0 Å². The highest BCUT2D eigenvalue weighted by atomic mass is 19.2. The van der Waals surface area contributed by atoms with E-state index in [0.717, 1.165) is 25.1 Å². The molecule has 1 fully saturated rings. The number of allylic oxidation sites excluding steroid dienone is 6. The second kappa shape index (κ2) is 8.79. The predicted octanol–water partition coefficient (Wildman–Crippen LogP) is 5.95. The van der Waals surface area contributed by atoms with Crippen molar-refractivity contribution in [3.63, 3.8) is 0 Å².